The Morgan fingerprint density at radius 3 is 1.12 bits per heavy atom. The van der Waals surface area contributed by atoms with Gasteiger partial charge in [0, 0.05) is 0 Å². The maximum atomic E-state index is 11.1. The molecule has 0 saturated heterocycles. The smallest absolute Gasteiger partial charge is 0.115 e. The maximum absolute atomic E-state index is 11.1. The van der Waals surface area contributed by atoms with Crippen molar-refractivity contribution in [1.29, 1.82) is 0 Å². The van der Waals surface area contributed by atoms with Gasteiger partial charge in [-0.2, -0.15) is 0 Å². The van der Waals surface area contributed by atoms with Crippen LogP contribution in [0.25, 0.3) is 0 Å². The fraction of sp³-hybridized carbons (Fsp3) is 0.333. The van der Waals surface area contributed by atoms with Crippen molar-refractivity contribution in [3.8, 4) is 0 Å². The van der Waals surface area contributed by atoms with Gasteiger partial charge in [-0.05, 0) is 16.7 Å². The third kappa shape index (κ3) is 6.06. The van der Waals surface area contributed by atoms with Gasteiger partial charge in [-0.3, -0.25) is 0 Å². The molecule has 174 valence electrons. The monoisotopic (exact) mass is 450 g/mol. The highest BCUT2D eigenvalue weighted by Gasteiger charge is 2.51. The summed E-state index contributed by atoms with van der Waals surface area (Å²) in [4.78, 5) is 0. The van der Waals surface area contributed by atoms with Crippen molar-refractivity contribution in [2.75, 3.05) is 0 Å². The normalized spacial score (nSPS) is 27.4. The first-order chi connectivity index (χ1) is 16.1. The summed E-state index contributed by atoms with van der Waals surface area (Å²) in [6, 6.07) is 28.6. The highest BCUT2D eigenvalue weighted by atomic mass is 16.6. The number of hydrogen-bond acceptors (Lipinski definition) is 6. The third-order valence-electron chi connectivity index (χ3n) is 5.88. The number of hydrogen-bond donors (Lipinski definition) is 3. The van der Waals surface area contributed by atoms with Gasteiger partial charge in [-0.1, -0.05) is 91.0 Å². The first-order valence-electron chi connectivity index (χ1n) is 11.1. The first-order valence-corrected chi connectivity index (χ1v) is 11.1. The molecule has 6 nitrogen and oxygen atoms in total. The van der Waals surface area contributed by atoms with Crippen LogP contribution in [-0.4, -0.2) is 51.9 Å². The van der Waals surface area contributed by atoms with Gasteiger partial charge in [0.15, 0.2) is 0 Å². The van der Waals surface area contributed by atoms with Gasteiger partial charge in [-0.25, -0.2) is 0 Å². The second kappa shape index (κ2) is 11.5. The zero-order chi connectivity index (χ0) is 23.0. The molecule has 1 aliphatic carbocycles. The van der Waals surface area contributed by atoms with E-state index in [0.717, 1.165) is 16.7 Å². The Hall–Kier alpha value is -2.58. The molecule has 33 heavy (non-hydrogen) atoms. The summed E-state index contributed by atoms with van der Waals surface area (Å²) < 4.78 is 17.9. The lowest BCUT2D eigenvalue weighted by molar-refractivity contribution is -0.262. The molecule has 0 unspecified atom stereocenters. The van der Waals surface area contributed by atoms with E-state index in [2.05, 4.69) is 0 Å². The standard InChI is InChI=1S/C27H30O6/c28-22-23(29)26(32-17-20-12-6-2-7-13-20)27(33-18-21-14-8-3-9-15-21)24(30)25(22)31-16-19-10-4-1-5-11-19/h1-15,22-30H,16-18H2/t22-,23-,24+,25+,26+,27-/m1/s1. The average Bonchev–Trinajstić information content (AvgIpc) is 2.86. The largest absolute Gasteiger partial charge is 0.387 e. The maximum Gasteiger partial charge on any atom is 0.115 e. The van der Waals surface area contributed by atoms with Crippen LogP contribution in [0.1, 0.15) is 16.7 Å². The van der Waals surface area contributed by atoms with Crippen LogP contribution in [0.5, 0.6) is 0 Å². The summed E-state index contributed by atoms with van der Waals surface area (Å²) in [6.07, 6.45) is -6.68. The number of aliphatic hydroxyl groups is 3. The van der Waals surface area contributed by atoms with E-state index in [1.165, 1.54) is 0 Å². The van der Waals surface area contributed by atoms with Crippen LogP contribution in [0.4, 0.5) is 0 Å². The highest BCUT2D eigenvalue weighted by molar-refractivity contribution is 5.16. The molecule has 0 heterocycles. The van der Waals surface area contributed by atoms with E-state index < -0.39 is 36.6 Å². The van der Waals surface area contributed by atoms with E-state index in [1.807, 2.05) is 91.0 Å². The quantitative estimate of drug-likeness (QED) is 0.465. The van der Waals surface area contributed by atoms with Gasteiger partial charge in [0.25, 0.3) is 0 Å². The molecule has 0 aliphatic heterocycles. The SMILES string of the molecule is O[C@@H]1[C@@H](O)[C@H](OCc2ccccc2)[C@H](OCc2ccccc2)[C@@H](O)[C@H]1OCc1ccccc1. The summed E-state index contributed by atoms with van der Waals surface area (Å²) in [5.74, 6) is 0. The van der Waals surface area contributed by atoms with Crippen molar-refractivity contribution in [3.05, 3.63) is 108 Å². The van der Waals surface area contributed by atoms with E-state index in [-0.39, 0.29) is 19.8 Å². The van der Waals surface area contributed by atoms with Gasteiger partial charge in [0.05, 0.1) is 19.8 Å². The molecule has 0 radical (unpaired) electrons. The molecule has 1 aliphatic rings. The highest BCUT2D eigenvalue weighted by Crippen LogP contribution is 2.30. The fourth-order valence-corrected chi connectivity index (χ4v) is 4.05. The van der Waals surface area contributed by atoms with E-state index in [1.54, 1.807) is 0 Å². The molecule has 0 aromatic heterocycles. The zero-order valence-corrected chi connectivity index (χ0v) is 18.3. The average molecular weight is 451 g/mol. The zero-order valence-electron chi connectivity index (χ0n) is 18.3. The van der Waals surface area contributed by atoms with Crippen LogP contribution in [0.15, 0.2) is 91.0 Å². The lowest BCUT2D eigenvalue weighted by Gasteiger charge is -2.45. The van der Waals surface area contributed by atoms with Crippen molar-refractivity contribution in [2.45, 2.75) is 56.4 Å². The van der Waals surface area contributed by atoms with Crippen LogP contribution in [0.2, 0.25) is 0 Å². The Bertz CT molecular complexity index is 952. The van der Waals surface area contributed by atoms with Gasteiger partial charge < -0.3 is 29.5 Å². The molecule has 3 aromatic rings. The van der Waals surface area contributed by atoms with Crippen LogP contribution < -0.4 is 0 Å². The van der Waals surface area contributed by atoms with Gasteiger partial charge in [0.1, 0.15) is 36.6 Å². The van der Waals surface area contributed by atoms with Crippen molar-refractivity contribution < 1.29 is 29.5 Å². The Kier molecular flexibility index (Phi) is 8.23. The van der Waals surface area contributed by atoms with Crippen molar-refractivity contribution >= 4 is 0 Å². The molecular formula is C27H30O6. The predicted molar refractivity (Wildman–Crippen MR) is 123 cm³/mol. The fourth-order valence-electron chi connectivity index (χ4n) is 4.05. The first kappa shape index (κ1) is 23.6. The molecule has 6 atom stereocenters. The molecule has 6 heteroatoms. The molecule has 0 amide bonds. The Labute approximate surface area is 194 Å². The summed E-state index contributed by atoms with van der Waals surface area (Å²) in [6.45, 7) is 0.623. The topological polar surface area (TPSA) is 88.4 Å². The van der Waals surface area contributed by atoms with Crippen LogP contribution in [0.3, 0.4) is 0 Å². The van der Waals surface area contributed by atoms with Gasteiger partial charge >= 0.3 is 0 Å². The molecule has 1 fully saturated rings. The predicted octanol–water partition coefficient (Wildman–Crippen LogP) is 2.84. The molecule has 0 bridgehead atoms. The minimum atomic E-state index is -1.33. The van der Waals surface area contributed by atoms with Crippen molar-refractivity contribution in [1.82, 2.24) is 0 Å². The Morgan fingerprint density at radius 2 is 0.727 bits per heavy atom. The molecule has 0 spiro atoms. The van der Waals surface area contributed by atoms with Crippen LogP contribution >= 0.6 is 0 Å². The van der Waals surface area contributed by atoms with E-state index >= 15 is 0 Å². The minimum absolute atomic E-state index is 0.188. The minimum Gasteiger partial charge on any atom is -0.387 e. The molecular weight excluding hydrogens is 420 g/mol. The van der Waals surface area contributed by atoms with Crippen LogP contribution in [-0.2, 0) is 34.0 Å². The summed E-state index contributed by atoms with van der Waals surface area (Å²) in [5.41, 5.74) is 2.74. The third-order valence-corrected chi connectivity index (χ3v) is 5.88. The summed E-state index contributed by atoms with van der Waals surface area (Å²) in [7, 11) is 0. The van der Waals surface area contributed by atoms with Gasteiger partial charge in [-0.15, -0.1) is 0 Å². The lowest BCUT2D eigenvalue weighted by atomic mass is 9.84. The van der Waals surface area contributed by atoms with E-state index in [4.69, 9.17) is 14.2 Å². The molecule has 1 saturated carbocycles. The lowest BCUT2D eigenvalue weighted by Crippen LogP contribution is -2.65. The molecule has 3 aromatic carbocycles. The van der Waals surface area contributed by atoms with Crippen LogP contribution in [0, 0.1) is 0 Å². The molecule has 3 N–H and O–H groups in total. The summed E-state index contributed by atoms with van der Waals surface area (Å²) in [5, 5.41) is 32.8. The molecule has 4 rings (SSSR count). The van der Waals surface area contributed by atoms with E-state index in [9.17, 15) is 15.3 Å². The van der Waals surface area contributed by atoms with E-state index in [0.29, 0.717) is 0 Å². The number of ether oxygens (including phenoxy) is 3. The number of aliphatic hydroxyl groups excluding tert-OH is 3. The Balaban J connectivity index is 1.49. The van der Waals surface area contributed by atoms with Crippen molar-refractivity contribution in [3.63, 3.8) is 0 Å². The van der Waals surface area contributed by atoms with Crippen molar-refractivity contribution in [2.24, 2.45) is 0 Å². The summed E-state index contributed by atoms with van der Waals surface area (Å²) >= 11 is 0. The second-order valence-corrected chi connectivity index (χ2v) is 8.26. The number of benzene rings is 3. The second-order valence-electron chi connectivity index (χ2n) is 8.26. The van der Waals surface area contributed by atoms with Gasteiger partial charge in [0.2, 0.25) is 0 Å². The number of rotatable bonds is 9. The Morgan fingerprint density at radius 1 is 0.424 bits per heavy atom.